The fourth-order valence-corrected chi connectivity index (χ4v) is 12.9. The maximum Gasteiger partial charge on any atom is 0.573 e. The highest BCUT2D eigenvalue weighted by molar-refractivity contribution is 6.31. The number of rotatable bonds is 20. The van der Waals surface area contributed by atoms with Crippen molar-refractivity contribution >= 4 is 132 Å². The summed E-state index contributed by atoms with van der Waals surface area (Å²) in [6.07, 6.45) is 40.9. The van der Waals surface area contributed by atoms with Crippen molar-refractivity contribution in [2.24, 2.45) is 11.8 Å². The lowest BCUT2D eigenvalue weighted by Gasteiger charge is -2.08. The minimum atomic E-state index is -4.78. The van der Waals surface area contributed by atoms with Crippen LogP contribution in [0.1, 0.15) is 164 Å². The van der Waals surface area contributed by atoms with Crippen molar-refractivity contribution < 1.29 is 73.8 Å². The van der Waals surface area contributed by atoms with E-state index in [1.807, 2.05) is 152 Å². The summed E-state index contributed by atoms with van der Waals surface area (Å²) < 4.78 is 79.3. The predicted molar refractivity (Wildman–Crippen MR) is 483 cm³/mol. The average Bonchev–Trinajstić information content (AvgIpc) is 1.60. The van der Waals surface area contributed by atoms with Crippen LogP contribution in [-0.4, -0.2) is 107 Å². The standard InChI is InChI=1S/2C18H13ClN2O.C17H11F3N2O3.C17H12N2O4.C16H18N2O2.C13H12N2O2/c19-16-8-4-7-15(13-16)18(22)21-12-11-17(20-21)10-9-14-5-2-1-3-6-14;19-16-9-7-15(8-10-16)18(22)21-13-12-17(20-21)11-6-14-4-2-1-3-5-14;18-17(19,20)25-15-6-3-12(4-7-15)16(23)22-10-9-13(21-22)5-8-14-2-1-11-24-14;20-17(12-3-6-15-16(10-12)23-11-22-15)19-8-7-13(18-19)4-5-14-2-1-9-21-14;19-16(12-13-4-1-2-5-13)18-10-9-14(17-18)7-8-15-6-3-11-20-15;16-13(10-3-4-10)15-8-7-11(14-15)5-6-12-2-1-9-17-12/h2*1-13H;1-11H;1-10H,11H2;3,6-11,13H,1-2,4-5,12H2;1-2,5-10H,3-4H2/b10-9+;11-6+;8-5+;5-4+;8-7+;6-5+. The summed E-state index contributed by atoms with van der Waals surface area (Å²) in [5, 5.41) is 26.5. The molecule has 0 bridgehead atoms. The van der Waals surface area contributed by atoms with Crippen molar-refractivity contribution in [3.8, 4) is 17.2 Å². The second-order valence-electron chi connectivity index (χ2n) is 28.7. The van der Waals surface area contributed by atoms with E-state index in [9.17, 15) is 41.9 Å². The van der Waals surface area contributed by atoms with Gasteiger partial charge in [0.15, 0.2) is 11.5 Å². The molecule has 2 saturated carbocycles. The normalized spacial score (nSPS) is 12.9. The molecule has 11 heterocycles. The maximum atomic E-state index is 12.5. The molecule has 10 aromatic heterocycles. The Labute approximate surface area is 746 Å². The van der Waals surface area contributed by atoms with Crippen LogP contribution < -0.4 is 14.2 Å². The molecule has 0 saturated heterocycles. The molecule has 3 aliphatic rings. The van der Waals surface area contributed by atoms with Crippen LogP contribution in [0.5, 0.6) is 17.2 Å². The quantitative estimate of drug-likeness (QED) is 0.0685. The van der Waals surface area contributed by atoms with Crippen LogP contribution in [-0.2, 0) is 0 Å². The fourth-order valence-electron chi connectivity index (χ4n) is 12.6. The first kappa shape index (κ1) is 89.2. The summed E-state index contributed by atoms with van der Waals surface area (Å²) in [5.41, 5.74) is 8.05. The molecule has 16 aromatic rings. The Hall–Kier alpha value is -16.1. The largest absolute Gasteiger partial charge is 0.573 e. The summed E-state index contributed by atoms with van der Waals surface area (Å²) in [5.74, 6) is 3.56. The minimum absolute atomic E-state index is 0.0922. The number of aromatic nitrogens is 12. The van der Waals surface area contributed by atoms with Crippen molar-refractivity contribution in [2.75, 3.05) is 6.79 Å². The number of alkyl halides is 3. The van der Waals surface area contributed by atoms with Gasteiger partial charge in [0.05, 0.1) is 59.2 Å². The molecule has 30 heteroatoms. The van der Waals surface area contributed by atoms with E-state index in [-0.39, 0.29) is 47.8 Å². The number of fused-ring (bicyclic) bond motifs is 1. The van der Waals surface area contributed by atoms with Gasteiger partial charge in [0, 0.05) is 81.8 Å². The number of carbonyl (C=O) groups excluding carboxylic acids is 6. The fraction of sp³-hybridized carbons (Fsp3) is 0.111. The first-order valence-electron chi connectivity index (χ1n) is 40.5. The van der Waals surface area contributed by atoms with Gasteiger partial charge in [0.2, 0.25) is 18.6 Å². The van der Waals surface area contributed by atoms with Gasteiger partial charge in [-0.1, -0.05) is 115 Å². The molecule has 0 amide bonds. The molecule has 0 unspecified atom stereocenters. The number of hydrogen-bond donors (Lipinski definition) is 0. The molecule has 1 aliphatic heterocycles. The molecule has 2 fully saturated rings. The SMILES string of the molecule is O=C(C1CC1)n1ccc(/C=C/c2ccco2)n1.O=C(CC1CCCC1)n1ccc(/C=C/c2ccco2)n1.O=C(c1ccc(Cl)cc1)n1ccc(/C=C/c2ccccc2)n1.O=C(c1ccc(OC(F)(F)F)cc1)n1ccc(/C=C/c2ccco2)n1.O=C(c1ccc2c(c1)OCO2)n1ccc(/C=C/c2ccco2)n1.O=C(c1cccc(Cl)c1)n1ccc(/C=C/c2ccccc2)n1. The Bertz CT molecular complexity index is 6570. The first-order valence-corrected chi connectivity index (χ1v) is 41.2. The molecule has 0 atom stereocenters. The summed E-state index contributed by atoms with van der Waals surface area (Å²) in [7, 11) is 0. The Morgan fingerprint density at radius 2 is 0.729 bits per heavy atom. The van der Waals surface area contributed by atoms with E-state index in [4.69, 9.17) is 50.3 Å². The molecule has 6 aromatic carbocycles. The molecule has 648 valence electrons. The molecule has 25 nitrogen and oxygen atoms in total. The van der Waals surface area contributed by atoms with E-state index in [1.54, 1.807) is 183 Å². The molecular weight excluding hydrogens is 1690 g/mol. The van der Waals surface area contributed by atoms with Crippen molar-refractivity contribution in [3.63, 3.8) is 0 Å². The predicted octanol–water partition coefficient (Wildman–Crippen LogP) is 22.7. The zero-order valence-electron chi connectivity index (χ0n) is 68.6. The third kappa shape index (κ3) is 27.0. The van der Waals surface area contributed by atoms with Crippen molar-refractivity contribution in [1.82, 2.24) is 58.7 Å². The van der Waals surface area contributed by atoms with E-state index in [0.717, 1.165) is 80.8 Å². The van der Waals surface area contributed by atoms with Gasteiger partial charge in [-0.05, 0) is 273 Å². The van der Waals surface area contributed by atoms with Crippen LogP contribution in [0.15, 0.2) is 316 Å². The Morgan fingerprint density at radius 3 is 1.14 bits per heavy atom. The second-order valence-corrected chi connectivity index (χ2v) is 29.6. The van der Waals surface area contributed by atoms with Crippen LogP contribution in [0.4, 0.5) is 13.2 Å². The van der Waals surface area contributed by atoms with Gasteiger partial charge in [-0.15, -0.1) is 13.2 Å². The smallest absolute Gasteiger partial charge is 0.465 e. The Morgan fingerprint density at radius 1 is 0.357 bits per heavy atom. The number of benzene rings is 6. The number of carbonyl (C=O) groups is 6. The number of hydrogen-bond acceptors (Lipinski definition) is 19. The van der Waals surface area contributed by atoms with Crippen LogP contribution in [0.3, 0.4) is 0 Å². The van der Waals surface area contributed by atoms with Gasteiger partial charge < -0.3 is 31.9 Å². The lowest BCUT2D eigenvalue weighted by molar-refractivity contribution is -0.274. The molecule has 0 N–H and O–H groups in total. The minimum Gasteiger partial charge on any atom is -0.465 e. The number of ether oxygens (including phenoxy) is 3. The van der Waals surface area contributed by atoms with Crippen LogP contribution >= 0.6 is 23.2 Å². The van der Waals surface area contributed by atoms with Gasteiger partial charge in [0.25, 0.3) is 23.6 Å². The van der Waals surface area contributed by atoms with Crippen LogP contribution in [0, 0.1) is 11.8 Å². The number of halogens is 5. The highest BCUT2D eigenvalue weighted by Crippen LogP contribution is 2.34. The van der Waals surface area contributed by atoms with Gasteiger partial charge in [-0.25, -0.2) is 28.1 Å². The number of nitrogens with zero attached hydrogens (tertiary/aromatic N) is 12. The van der Waals surface area contributed by atoms with Gasteiger partial charge in [-0.3, -0.25) is 28.8 Å². The van der Waals surface area contributed by atoms with Crippen molar-refractivity contribution in [1.29, 1.82) is 0 Å². The third-order valence-electron chi connectivity index (χ3n) is 19.3. The molecule has 2 aliphatic carbocycles. The first-order chi connectivity index (χ1) is 62.8. The molecule has 0 radical (unpaired) electrons. The number of furan rings is 4. The molecule has 129 heavy (non-hydrogen) atoms. The van der Waals surface area contributed by atoms with Crippen LogP contribution in [0.25, 0.3) is 72.9 Å². The molecule has 19 rings (SSSR count). The van der Waals surface area contributed by atoms with Gasteiger partial charge in [0.1, 0.15) is 28.8 Å². The van der Waals surface area contributed by atoms with Crippen LogP contribution in [0.2, 0.25) is 10.0 Å². The summed E-state index contributed by atoms with van der Waals surface area (Å²) in [6.45, 7) is 0.177. The monoisotopic (exact) mass is 1770 g/mol. The summed E-state index contributed by atoms with van der Waals surface area (Å²) in [6, 6.07) is 68.3. The lowest BCUT2D eigenvalue weighted by Crippen LogP contribution is -2.17. The Balaban J connectivity index is 0.000000125. The van der Waals surface area contributed by atoms with Crippen molar-refractivity contribution in [2.45, 2.75) is 51.3 Å². The lowest BCUT2D eigenvalue weighted by atomic mass is 10.0. The van der Waals surface area contributed by atoms with E-state index in [0.29, 0.717) is 67.7 Å². The summed E-state index contributed by atoms with van der Waals surface area (Å²) >= 11 is 11.7. The average molecular weight is 1770 g/mol. The molecular formula is C99H79Cl2F3N12O13. The topological polar surface area (TPSA) is 290 Å². The summed E-state index contributed by atoms with van der Waals surface area (Å²) in [4.78, 5) is 73.1. The van der Waals surface area contributed by atoms with Gasteiger partial charge in [-0.2, -0.15) is 30.6 Å². The zero-order valence-corrected chi connectivity index (χ0v) is 70.1. The van der Waals surface area contributed by atoms with E-state index < -0.39 is 18.0 Å². The van der Waals surface area contributed by atoms with E-state index >= 15 is 0 Å². The second kappa shape index (κ2) is 44.0. The van der Waals surface area contributed by atoms with E-state index in [2.05, 4.69) is 35.3 Å². The highest BCUT2D eigenvalue weighted by atomic mass is 35.5. The van der Waals surface area contributed by atoms with Crippen molar-refractivity contribution in [3.05, 3.63) is 399 Å². The van der Waals surface area contributed by atoms with Gasteiger partial charge >= 0.3 is 6.36 Å². The third-order valence-corrected chi connectivity index (χ3v) is 19.8. The zero-order chi connectivity index (χ0) is 89.7. The molecule has 0 spiro atoms. The maximum absolute atomic E-state index is 12.5. The highest BCUT2D eigenvalue weighted by Gasteiger charge is 2.32. The van der Waals surface area contributed by atoms with E-state index in [1.165, 1.54) is 73.7 Å². The Kier molecular flexibility index (Phi) is 30.4.